The van der Waals surface area contributed by atoms with E-state index >= 15 is 0 Å². The van der Waals surface area contributed by atoms with Gasteiger partial charge in [0.15, 0.2) is 0 Å². The highest BCUT2D eigenvalue weighted by Crippen LogP contribution is 2.31. The monoisotopic (exact) mass is 317 g/mol. The fourth-order valence-electron chi connectivity index (χ4n) is 2.10. The van der Waals surface area contributed by atoms with Gasteiger partial charge in [-0.25, -0.2) is 0 Å². The van der Waals surface area contributed by atoms with E-state index in [1.54, 1.807) is 18.0 Å². The predicted molar refractivity (Wildman–Crippen MR) is 86.9 cm³/mol. The van der Waals surface area contributed by atoms with E-state index in [-0.39, 0.29) is 12.0 Å². The number of likely N-dealkylation sites (tertiary alicyclic amines) is 1. The minimum atomic E-state index is -0.102. The Bertz CT molecular complexity index is 375. The Kier molecular flexibility index (Phi) is 7.94. The zero-order valence-corrected chi connectivity index (χ0v) is 13.5. The van der Waals surface area contributed by atoms with Crippen LogP contribution >= 0.6 is 23.5 Å². The molecule has 0 aromatic rings. The van der Waals surface area contributed by atoms with Gasteiger partial charge in [-0.3, -0.25) is 9.69 Å². The van der Waals surface area contributed by atoms with E-state index in [1.165, 1.54) is 11.8 Å². The molecule has 0 amide bonds. The molecule has 0 aliphatic carbocycles. The summed E-state index contributed by atoms with van der Waals surface area (Å²) in [5.41, 5.74) is 11.1. The van der Waals surface area contributed by atoms with Gasteiger partial charge in [0.25, 0.3) is 0 Å². The highest BCUT2D eigenvalue weighted by Gasteiger charge is 2.31. The maximum Gasteiger partial charge on any atom is 0.323 e. The molecular formula is C13H23N3O2S2. The second-order valence-electron chi connectivity index (χ2n) is 4.35. The molecule has 0 aromatic heterocycles. The van der Waals surface area contributed by atoms with Crippen LogP contribution in [0.4, 0.5) is 0 Å². The van der Waals surface area contributed by atoms with Crippen LogP contribution in [0.15, 0.2) is 22.0 Å². The van der Waals surface area contributed by atoms with Crippen LogP contribution in [-0.4, -0.2) is 42.4 Å². The van der Waals surface area contributed by atoms with Gasteiger partial charge in [-0.05, 0) is 26.3 Å². The van der Waals surface area contributed by atoms with Crippen LogP contribution in [0.2, 0.25) is 0 Å². The molecule has 1 aliphatic rings. The van der Waals surface area contributed by atoms with E-state index in [0.717, 1.165) is 35.9 Å². The number of thioether (sulfide) groups is 2. The number of carbonyl (C=O) groups excluding carboxylic acids is 1. The standard InChI is InChI=1S/C13H23N3O2S2/c1-3-18-13(17)11-5-4-6-16(11)7-8-19-12(9-14)20-10(2)15/h9,11H,2-8,14-15H2,1H3/b12-9-/t11-/m0/s1. The minimum absolute atomic E-state index is 0.0852. The first-order valence-corrected chi connectivity index (χ1v) is 8.46. The van der Waals surface area contributed by atoms with E-state index in [4.69, 9.17) is 16.2 Å². The number of nitrogens with two attached hydrogens (primary N) is 2. The molecule has 0 radical (unpaired) electrons. The van der Waals surface area contributed by atoms with E-state index < -0.39 is 0 Å². The molecule has 0 unspecified atom stereocenters. The SMILES string of the molecule is C=C(N)S/C(=C\N)SCCN1CCC[C@H]1C(=O)OCC. The Morgan fingerprint density at radius 3 is 2.95 bits per heavy atom. The smallest absolute Gasteiger partial charge is 0.323 e. The van der Waals surface area contributed by atoms with Gasteiger partial charge in [0, 0.05) is 18.5 Å². The molecule has 114 valence electrons. The fourth-order valence-corrected chi connectivity index (χ4v) is 3.86. The zero-order valence-electron chi connectivity index (χ0n) is 11.8. The van der Waals surface area contributed by atoms with Gasteiger partial charge >= 0.3 is 5.97 Å². The van der Waals surface area contributed by atoms with Crippen molar-refractivity contribution in [2.75, 3.05) is 25.4 Å². The maximum absolute atomic E-state index is 11.8. The summed E-state index contributed by atoms with van der Waals surface area (Å²) in [4.78, 5) is 14.0. The molecule has 1 saturated heterocycles. The van der Waals surface area contributed by atoms with Crippen LogP contribution in [0.1, 0.15) is 19.8 Å². The third-order valence-corrected chi connectivity index (χ3v) is 4.92. The Labute approximate surface area is 129 Å². The van der Waals surface area contributed by atoms with E-state index in [1.807, 2.05) is 6.92 Å². The van der Waals surface area contributed by atoms with Gasteiger partial charge in [0.1, 0.15) is 6.04 Å². The lowest BCUT2D eigenvalue weighted by molar-refractivity contribution is -0.148. The summed E-state index contributed by atoms with van der Waals surface area (Å²) in [6.07, 6.45) is 3.47. The van der Waals surface area contributed by atoms with E-state index in [2.05, 4.69) is 11.5 Å². The summed E-state index contributed by atoms with van der Waals surface area (Å²) >= 11 is 3.00. The van der Waals surface area contributed by atoms with Crippen molar-refractivity contribution < 1.29 is 9.53 Å². The number of carbonyl (C=O) groups is 1. The fraction of sp³-hybridized carbons (Fsp3) is 0.615. The van der Waals surface area contributed by atoms with Crippen LogP contribution in [0.5, 0.6) is 0 Å². The first kappa shape index (κ1) is 17.3. The van der Waals surface area contributed by atoms with Crippen LogP contribution in [0, 0.1) is 0 Å². The number of esters is 1. The largest absolute Gasteiger partial charge is 0.465 e. The number of rotatable bonds is 8. The predicted octanol–water partition coefficient (Wildman–Crippen LogP) is 1.67. The third kappa shape index (κ3) is 5.68. The number of ether oxygens (including phenoxy) is 1. The number of nitrogens with zero attached hydrogens (tertiary/aromatic N) is 1. The quantitative estimate of drug-likeness (QED) is 0.659. The van der Waals surface area contributed by atoms with Crippen LogP contribution in [-0.2, 0) is 9.53 Å². The van der Waals surface area contributed by atoms with Gasteiger partial charge in [-0.1, -0.05) is 18.3 Å². The van der Waals surface area contributed by atoms with E-state index in [9.17, 15) is 4.79 Å². The van der Waals surface area contributed by atoms with Gasteiger partial charge in [-0.15, -0.1) is 11.8 Å². The second-order valence-corrected chi connectivity index (χ2v) is 6.91. The molecule has 4 N–H and O–H groups in total. The molecule has 1 fully saturated rings. The topological polar surface area (TPSA) is 81.6 Å². The van der Waals surface area contributed by atoms with Crippen molar-refractivity contribution in [3.05, 3.63) is 22.0 Å². The molecule has 0 saturated carbocycles. The highest BCUT2D eigenvalue weighted by atomic mass is 32.2. The summed E-state index contributed by atoms with van der Waals surface area (Å²) < 4.78 is 6.04. The van der Waals surface area contributed by atoms with Gasteiger partial charge in [0.05, 0.1) is 15.9 Å². The number of hydrogen-bond acceptors (Lipinski definition) is 7. The molecule has 0 bridgehead atoms. The van der Waals surface area contributed by atoms with Crippen molar-refractivity contribution in [3.8, 4) is 0 Å². The maximum atomic E-state index is 11.8. The Hall–Kier alpha value is -0.790. The van der Waals surface area contributed by atoms with Crippen molar-refractivity contribution in [1.82, 2.24) is 4.90 Å². The average Bonchev–Trinajstić information content (AvgIpc) is 2.85. The van der Waals surface area contributed by atoms with Crippen molar-refractivity contribution in [3.63, 3.8) is 0 Å². The molecule has 1 rings (SSSR count). The lowest BCUT2D eigenvalue weighted by Crippen LogP contribution is -2.38. The molecule has 1 aliphatic heterocycles. The molecule has 0 aromatic carbocycles. The Balaban J connectivity index is 2.36. The highest BCUT2D eigenvalue weighted by molar-refractivity contribution is 8.23. The number of hydrogen-bond donors (Lipinski definition) is 2. The Morgan fingerprint density at radius 2 is 2.35 bits per heavy atom. The second kappa shape index (κ2) is 9.20. The molecule has 1 heterocycles. The van der Waals surface area contributed by atoms with Crippen molar-refractivity contribution in [1.29, 1.82) is 0 Å². The van der Waals surface area contributed by atoms with Crippen molar-refractivity contribution >= 4 is 29.5 Å². The Morgan fingerprint density at radius 1 is 1.60 bits per heavy atom. The summed E-state index contributed by atoms with van der Waals surface area (Å²) in [5.74, 6) is 0.758. The van der Waals surface area contributed by atoms with Gasteiger partial charge in [-0.2, -0.15) is 0 Å². The lowest BCUT2D eigenvalue weighted by Gasteiger charge is -2.22. The van der Waals surface area contributed by atoms with E-state index in [0.29, 0.717) is 11.6 Å². The van der Waals surface area contributed by atoms with Gasteiger partial charge < -0.3 is 16.2 Å². The van der Waals surface area contributed by atoms with Crippen molar-refractivity contribution in [2.45, 2.75) is 25.8 Å². The minimum Gasteiger partial charge on any atom is -0.465 e. The zero-order chi connectivity index (χ0) is 15.0. The molecule has 0 spiro atoms. The molecule has 7 heteroatoms. The van der Waals surface area contributed by atoms with Crippen LogP contribution < -0.4 is 11.5 Å². The molecule has 20 heavy (non-hydrogen) atoms. The van der Waals surface area contributed by atoms with Crippen molar-refractivity contribution in [2.24, 2.45) is 11.5 Å². The first-order chi connectivity index (χ1) is 9.58. The normalized spacial score (nSPS) is 20.1. The summed E-state index contributed by atoms with van der Waals surface area (Å²) in [5, 5.41) is 0.528. The summed E-state index contributed by atoms with van der Waals surface area (Å²) in [6, 6.07) is -0.0852. The molecule has 1 atom stereocenters. The summed E-state index contributed by atoms with van der Waals surface area (Å²) in [7, 11) is 0. The van der Waals surface area contributed by atoms with Gasteiger partial charge in [0.2, 0.25) is 0 Å². The first-order valence-electron chi connectivity index (χ1n) is 6.66. The van der Waals surface area contributed by atoms with Crippen LogP contribution in [0.3, 0.4) is 0 Å². The van der Waals surface area contributed by atoms with Crippen LogP contribution in [0.25, 0.3) is 0 Å². The average molecular weight is 317 g/mol. The summed E-state index contributed by atoms with van der Waals surface area (Å²) in [6.45, 7) is 7.70. The third-order valence-electron chi connectivity index (χ3n) is 2.91. The molecular weight excluding hydrogens is 294 g/mol. The molecule has 5 nitrogen and oxygen atoms in total. The lowest BCUT2D eigenvalue weighted by atomic mass is 10.2.